The smallest absolute Gasteiger partial charge is 0.271 e. The molecule has 7 heteroatoms. The van der Waals surface area contributed by atoms with Crippen LogP contribution in [-0.2, 0) is 4.74 Å². The molecule has 0 N–H and O–H groups in total. The molecule has 0 radical (unpaired) electrons. The highest BCUT2D eigenvalue weighted by atomic mass is 35.5. The summed E-state index contributed by atoms with van der Waals surface area (Å²) in [5.41, 5.74) is 2.51. The van der Waals surface area contributed by atoms with Crippen LogP contribution in [-0.4, -0.2) is 47.0 Å². The van der Waals surface area contributed by atoms with E-state index in [2.05, 4.69) is 4.98 Å². The fourth-order valence-electron chi connectivity index (χ4n) is 3.48. The van der Waals surface area contributed by atoms with E-state index in [0.717, 1.165) is 42.1 Å². The minimum Gasteiger partial charge on any atom is -0.384 e. The van der Waals surface area contributed by atoms with Crippen molar-refractivity contribution in [1.82, 2.24) is 14.3 Å². The lowest BCUT2D eigenvalue weighted by atomic mass is 9.99. The van der Waals surface area contributed by atoms with Gasteiger partial charge in [0.1, 0.15) is 5.69 Å². The van der Waals surface area contributed by atoms with Crippen LogP contribution in [0.3, 0.4) is 0 Å². The average Bonchev–Trinajstić information content (AvgIpc) is 3.23. The summed E-state index contributed by atoms with van der Waals surface area (Å²) in [6.45, 7) is 2.26. The van der Waals surface area contributed by atoms with Gasteiger partial charge in [-0.2, -0.15) is 0 Å². The monoisotopic (exact) mass is 389 g/mol. The van der Waals surface area contributed by atoms with E-state index in [0.29, 0.717) is 23.2 Å². The summed E-state index contributed by atoms with van der Waals surface area (Å²) in [6.07, 6.45) is 4.06. The van der Waals surface area contributed by atoms with Crippen LogP contribution in [0, 0.1) is 5.92 Å². The number of carbonyl (C=O) groups excluding carboxylic acids is 1. The summed E-state index contributed by atoms with van der Waals surface area (Å²) in [6, 6.07) is 7.58. The topological polar surface area (TPSA) is 46.8 Å². The zero-order valence-electron chi connectivity index (χ0n) is 14.5. The first-order valence-corrected chi connectivity index (χ1v) is 9.92. The number of hydrogen-bond donors (Lipinski definition) is 0. The number of likely N-dealkylation sites (tertiary alicyclic amines) is 1. The van der Waals surface area contributed by atoms with E-state index in [9.17, 15) is 4.79 Å². The second-order valence-corrected chi connectivity index (χ2v) is 7.89. The lowest BCUT2D eigenvalue weighted by molar-refractivity contribution is 0.0565. The van der Waals surface area contributed by atoms with Crippen molar-refractivity contribution < 1.29 is 9.53 Å². The van der Waals surface area contributed by atoms with Gasteiger partial charge >= 0.3 is 0 Å². The van der Waals surface area contributed by atoms with Crippen LogP contribution >= 0.6 is 22.9 Å². The lowest BCUT2D eigenvalue weighted by Crippen LogP contribution is -2.41. The molecule has 1 aromatic carbocycles. The lowest BCUT2D eigenvalue weighted by Gasteiger charge is -2.32. The van der Waals surface area contributed by atoms with Gasteiger partial charge < -0.3 is 9.64 Å². The highest BCUT2D eigenvalue weighted by Gasteiger charge is 2.26. The van der Waals surface area contributed by atoms with Crippen molar-refractivity contribution in [3.63, 3.8) is 0 Å². The number of nitrogens with zero attached hydrogens (tertiary/aromatic N) is 3. The Kier molecular flexibility index (Phi) is 4.98. The molecular formula is C19H20ClN3O2S. The Hall–Kier alpha value is -1.89. The summed E-state index contributed by atoms with van der Waals surface area (Å²) in [5.74, 6) is 0.483. The van der Waals surface area contributed by atoms with Crippen LogP contribution in [0.25, 0.3) is 16.2 Å². The second kappa shape index (κ2) is 7.39. The number of imidazole rings is 1. The highest BCUT2D eigenvalue weighted by molar-refractivity contribution is 7.15. The third-order valence-electron chi connectivity index (χ3n) is 4.78. The van der Waals surface area contributed by atoms with Gasteiger partial charge in [-0.3, -0.25) is 9.20 Å². The highest BCUT2D eigenvalue weighted by Crippen LogP contribution is 2.26. The first-order chi connectivity index (χ1) is 12.7. The van der Waals surface area contributed by atoms with Crippen LogP contribution in [0.1, 0.15) is 23.3 Å². The maximum Gasteiger partial charge on any atom is 0.271 e. The fraction of sp³-hybridized carbons (Fsp3) is 0.368. The number of rotatable bonds is 4. The maximum atomic E-state index is 13.0. The van der Waals surface area contributed by atoms with E-state index in [-0.39, 0.29) is 5.91 Å². The van der Waals surface area contributed by atoms with Crippen LogP contribution in [0.15, 0.2) is 35.8 Å². The first-order valence-electron chi connectivity index (χ1n) is 8.66. The number of aromatic nitrogens is 2. The van der Waals surface area contributed by atoms with E-state index in [1.807, 2.05) is 45.1 Å². The minimum atomic E-state index is 0.0668. The van der Waals surface area contributed by atoms with Gasteiger partial charge in [0.25, 0.3) is 5.91 Å². The Balaban J connectivity index is 1.60. The molecule has 4 rings (SSSR count). The summed E-state index contributed by atoms with van der Waals surface area (Å²) < 4.78 is 7.17. The summed E-state index contributed by atoms with van der Waals surface area (Å²) in [4.78, 5) is 20.5. The zero-order chi connectivity index (χ0) is 18.1. The standard InChI is InChI=1S/C19H20ClN3O2S/c1-25-11-13-3-2-8-22(9-13)18(24)17-12-26-19-21-16(10-23(17)19)14-4-6-15(20)7-5-14/h4-7,10,12-13H,2-3,8-9,11H2,1H3/t13-/m0/s1. The van der Waals surface area contributed by atoms with Crippen LogP contribution in [0.4, 0.5) is 0 Å². The van der Waals surface area contributed by atoms with E-state index in [1.54, 1.807) is 7.11 Å². The fourth-order valence-corrected chi connectivity index (χ4v) is 4.45. The van der Waals surface area contributed by atoms with Crippen molar-refractivity contribution in [2.45, 2.75) is 12.8 Å². The number of carbonyl (C=O) groups is 1. The molecule has 0 bridgehead atoms. The molecule has 2 aromatic heterocycles. The van der Waals surface area contributed by atoms with Gasteiger partial charge in [-0.1, -0.05) is 23.7 Å². The van der Waals surface area contributed by atoms with Gasteiger partial charge in [0.2, 0.25) is 0 Å². The molecular weight excluding hydrogens is 370 g/mol. The molecule has 1 amide bonds. The molecule has 3 heterocycles. The molecule has 0 spiro atoms. The van der Waals surface area contributed by atoms with Gasteiger partial charge in [-0.25, -0.2) is 4.98 Å². The number of methoxy groups -OCH3 is 1. The Labute approximate surface area is 161 Å². The van der Waals surface area contributed by atoms with Crippen molar-refractivity contribution in [3.8, 4) is 11.3 Å². The van der Waals surface area contributed by atoms with Crippen molar-refractivity contribution in [2.75, 3.05) is 26.8 Å². The van der Waals surface area contributed by atoms with Gasteiger partial charge in [0, 0.05) is 42.4 Å². The molecule has 0 aliphatic carbocycles. The Morgan fingerprint density at radius 3 is 2.96 bits per heavy atom. The number of fused-ring (bicyclic) bond motifs is 1. The number of amides is 1. The second-order valence-electron chi connectivity index (χ2n) is 6.62. The maximum absolute atomic E-state index is 13.0. The average molecular weight is 390 g/mol. The van der Waals surface area contributed by atoms with Crippen LogP contribution in [0.5, 0.6) is 0 Å². The number of halogens is 1. The molecule has 26 heavy (non-hydrogen) atoms. The van der Waals surface area contributed by atoms with Gasteiger partial charge in [-0.05, 0) is 30.9 Å². The molecule has 0 saturated carbocycles. The minimum absolute atomic E-state index is 0.0668. The Morgan fingerprint density at radius 1 is 1.38 bits per heavy atom. The van der Waals surface area contributed by atoms with E-state index in [1.165, 1.54) is 11.3 Å². The summed E-state index contributed by atoms with van der Waals surface area (Å²) >= 11 is 7.45. The molecule has 1 atom stereocenters. The van der Waals surface area contributed by atoms with Crippen molar-refractivity contribution in [3.05, 3.63) is 46.6 Å². The number of hydrogen-bond acceptors (Lipinski definition) is 4. The van der Waals surface area contributed by atoms with Gasteiger partial charge in [0.05, 0.1) is 12.3 Å². The molecule has 1 aliphatic rings. The largest absolute Gasteiger partial charge is 0.384 e. The predicted octanol–water partition coefficient (Wildman–Crippen LogP) is 4.21. The van der Waals surface area contributed by atoms with Crippen molar-refractivity contribution in [1.29, 1.82) is 0 Å². The first kappa shape index (κ1) is 17.5. The molecule has 1 saturated heterocycles. The van der Waals surface area contributed by atoms with Gasteiger partial charge in [-0.15, -0.1) is 11.3 Å². The van der Waals surface area contributed by atoms with E-state index in [4.69, 9.17) is 16.3 Å². The van der Waals surface area contributed by atoms with E-state index < -0.39 is 0 Å². The number of ether oxygens (including phenoxy) is 1. The predicted molar refractivity (Wildman–Crippen MR) is 104 cm³/mol. The quantitative estimate of drug-likeness (QED) is 0.671. The van der Waals surface area contributed by atoms with Crippen molar-refractivity contribution in [2.24, 2.45) is 5.92 Å². The SMILES string of the molecule is COC[C@H]1CCCN(C(=O)c2csc3nc(-c4ccc(Cl)cc4)cn23)C1. The van der Waals surface area contributed by atoms with Crippen LogP contribution in [0.2, 0.25) is 5.02 Å². The normalized spacial score (nSPS) is 17.8. The van der Waals surface area contributed by atoms with Gasteiger partial charge in [0.15, 0.2) is 4.96 Å². The summed E-state index contributed by atoms with van der Waals surface area (Å²) in [7, 11) is 1.72. The van der Waals surface area contributed by atoms with E-state index >= 15 is 0 Å². The van der Waals surface area contributed by atoms with Crippen LogP contribution < -0.4 is 0 Å². The summed E-state index contributed by atoms with van der Waals surface area (Å²) in [5, 5.41) is 2.59. The molecule has 3 aromatic rings. The molecule has 1 fully saturated rings. The number of thiazole rings is 1. The third-order valence-corrected chi connectivity index (χ3v) is 5.87. The molecule has 136 valence electrons. The number of piperidine rings is 1. The third kappa shape index (κ3) is 3.37. The Morgan fingerprint density at radius 2 is 2.19 bits per heavy atom. The molecule has 1 aliphatic heterocycles. The molecule has 0 unspecified atom stereocenters. The zero-order valence-corrected chi connectivity index (χ0v) is 16.1. The Bertz CT molecular complexity index is 917. The molecule has 5 nitrogen and oxygen atoms in total. The number of benzene rings is 1. The van der Waals surface area contributed by atoms with Crippen molar-refractivity contribution >= 4 is 33.8 Å².